The van der Waals surface area contributed by atoms with Crippen LogP contribution >= 0.6 is 0 Å². The average Bonchev–Trinajstić information content (AvgIpc) is 3.14. The standard InChI is InChI=1S/C20H28N6O2/c1-15-5-4-8-22-16(15)12-25-9-6-20(7-10-25)13-21-14-26(20)19-23-17(27-2)11-18(24-19)28-3/h4-5,8,11,21H,6-7,9-10,12-14H2,1-3H3. The van der Waals surface area contributed by atoms with Crippen molar-refractivity contribution >= 4 is 5.95 Å². The third-order valence-corrected chi connectivity index (χ3v) is 5.90. The molecule has 2 aliphatic heterocycles. The van der Waals surface area contributed by atoms with Crippen LogP contribution < -0.4 is 19.7 Å². The van der Waals surface area contributed by atoms with Crippen molar-refractivity contribution < 1.29 is 9.47 Å². The molecule has 2 aromatic rings. The van der Waals surface area contributed by atoms with Crippen LogP contribution in [-0.2, 0) is 6.54 Å². The highest BCUT2D eigenvalue weighted by atomic mass is 16.5. The van der Waals surface area contributed by atoms with Crippen LogP contribution in [0.5, 0.6) is 11.8 Å². The molecule has 2 fully saturated rings. The van der Waals surface area contributed by atoms with Crippen molar-refractivity contribution in [2.45, 2.75) is 31.8 Å². The molecular formula is C20H28N6O2. The van der Waals surface area contributed by atoms with E-state index in [1.54, 1.807) is 20.3 Å². The second-order valence-corrected chi connectivity index (χ2v) is 7.53. The summed E-state index contributed by atoms with van der Waals surface area (Å²) in [6.45, 7) is 6.75. The van der Waals surface area contributed by atoms with E-state index in [9.17, 15) is 0 Å². The molecule has 8 heteroatoms. The first-order valence-corrected chi connectivity index (χ1v) is 9.72. The van der Waals surface area contributed by atoms with Gasteiger partial charge in [0, 0.05) is 32.4 Å². The quantitative estimate of drug-likeness (QED) is 0.833. The fourth-order valence-electron chi connectivity index (χ4n) is 4.14. The molecule has 1 N–H and O–H groups in total. The van der Waals surface area contributed by atoms with Crippen LogP contribution in [0.4, 0.5) is 5.95 Å². The first-order valence-electron chi connectivity index (χ1n) is 9.72. The minimum atomic E-state index is 0.0209. The SMILES string of the molecule is COc1cc(OC)nc(N2CNCC23CCN(Cc2ncccc2C)CC3)n1. The molecule has 0 bridgehead atoms. The summed E-state index contributed by atoms with van der Waals surface area (Å²) in [4.78, 5) is 18.5. The van der Waals surface area contributed by atoms with E-state index < -0.39 is 0 Å². The lowest BCUT2D eigenvalue weighted by Gasteiger charge is -2.44. The molecule has 0 aromatic carbocycles. The van der Waals surface area contributed by atoms with E-state index in [1.165, 1.54) is 11.3 Å². The number of pyridine rings is 1. The lowest BCUT2D eigenvalue weighted by Crippen LogP contribution is -2.54. The van der Waals surface area contributed by atoms with E-state index in [0.717, 1.165) is 45.7 Å². The molecular weight excluding hydrogens is 356 g/mol. The predicted octanol–water partition coefficient (Wildman–Crippen LogP) is 1.60. The normalized spacial score (nSPS) is 19.2. The van der Waals surface area contributed by atoms with Gasteiger partial charge in [0.1, 0.15) is 0 Å². The molecule has 0 amide bonds. The molecule has 4 heterocycles. The summed E-state index contributed by atoms with van der Waals surface area (Å²) in [5.74, 6) is 1.70. The molecule has 2 aromatic heterocycles. The molecule has 8 nitrogen and oxygen atoms in total. The van der Waals surface area contributed by atoms with Gasteiger partial charge in [0.2, 0.25) is 17.7 Å². The van der Waals surface area contributed by atoms with Crippen LogP contribution in [0, 0.1) is 6.92 Å². The summed E-state index contributed by atoms with van der Waals surface area (Å²) >= 11 is 0. The number of rotatable bonds is 5. The summed E-state index contributed by atoms with van der Waals surface area (Å²) in [5, 5.41) is 3.51. The lowest BCUT2D eigenvalue weighted by atomic mass is 9.87. The maximum Gasteiger partial charge on any atom is 0.233 e. The van der Waals surface area contributed by atoms with E-state index in [-0.39, 0.29) is 5.54 Å². The highest BCUT2D eigenvalue weighted by Crippen LogP contribution is 2.35. The van der Waals surface area contributed by atoms with Crippen LogP contribution in [0.25, 0.3) is 0 Å². The molecule has 0 unspecified atom stereocenters. The van der Waals surface area contributed by atoms with Crippen LogP contribution in [0.15, 0.2) is 24.4 Å². The number of nitrogens with zero attached hydrogens (tertiary/aromatic N) is 5. The van der Waals surface area contributed by atoms with Gasteiger partial charge < -0.3 is 14.4 Å². The van der Waals surface area contributed by atoms with Crippen LogP contribution in [0.1, 0.15) is 24.1 Å². The lowest BCUT2D eigenvalue weighted by molar-refractivity contribution is 0.160. The third kappa shape index (κ3) is 3.62. The van der Waals surface area contributed by atoms with Crippen molar-refractivity contribution in [2.75, 3.05) is 45.4 Å². The molecule has 0 atom stereocenters. The number of aryl methyl sites for hydroxylation is 1. The molecule has 0 aliphatic carbocycles. The summed E-state index contributed by atoms with van der Waals surface area (Å²) in [6, 6.07) is 5.83. The molecule has 0 radical (unpaired) electrons. The average molecular weight is 384 g/mol. The second kappa shape index (κ2) is 7.89. The maximum atomic E-state index is 5.33. The third-order valence-electron chi connectivity index (χ3n) is 5.90. The molecule has 2 saturated heterocycles. The Labute approximate surface area is 165 Å². The van der Waals surface area contributed by atoms with Gasteiger partial charge >= 0.3 is 0 Å². The predicted molar refractivity (Wildman–Crippen MR) is 107 cm³/mol. The number of methoxy groups -OCH3 is 2. The van der Waals surface area contributed by atoms with E-state index in [2.05, 4.69) is 43.1 Å². The molecule has 1 spiro atoms. The second-order valence-electron chi connectivity index (χ2n) is 7.53. The Kier molecular flexibility index (Phi) is 5.32. The highest BCUT2D eigenvalue weighted by Gasteiger charge is 2.44. The first kappa shape index (κ1) is 18.9. The Hall–Kier alpha value is -2.45. The fourth-order valence-corrected chi connectivity index (χ4v) is 4.14. The first-order chi connectivity index (χ1) is 13.6. The number of aromatic nitrogens is 3. The minimum Gasteiger partial charge on any atom is -0.481 e. The van der Waals surface area contributed by atoms with Gasteiger partial charge in [0.05, 0.1) is 38.2 Å². The van der Waals surface area contributed by atoms with Crippen molar-refractivity contribution in [3.05, 3.63) is 35.7 Å². The van der Waals surface area contributed by atoms with Gasteiger partial charge in [-0.25, -0.2) is 0 Å². The fraction of sp³-hybridized carbons (Fsp3) is 0.550. The van der Waals surface area contributed by atoms with Crippen molar-refractivity contribution in [1.29, 1.82) is 0 Å². The number of hydrogen-bond donors (Lipinski definition) is 1. The van der Waals surface area contributed by atoms with Crippen molar-refractivity contribution in [1.82, 2.24) is 25.2 Å². The van der Waals surface area contributed by atoms with Gasteiger partial charge in [-0.2, -0.15) is 9.97 Å². The van der Waals surface area contributed by atoms with Gasteiger partial charge in [0.25, 0.3) is 0 Å². The van der Waals surface area contributed by atoms with Gasteiger partial charge in [-0.15, -0.1) is 0 Å². The summed E-state index contributed by atoms with van der Waals surface area (Å²) in [6.07, 6.45) is 3.98. The largest absolute Gasteiger partial charge is 0.481 e. The van der Waals surface area contributed by atoms with Crippen molar-refractivity contribution in [3.63, 3.8) is 0 Å². The molecule has 0 saturated carbocycles. The molecule has 4 rings (SSSR count). The molecule has 28 heavy (non-hydrogen) atoms. The number of anilines is 1. The zero-order chi connectivity index (χ0) is 19.6. The monoisotopic (exact) mass is 384 g/mol. The molecule has 2 aliphatic rings. The summed E-state index contributed by atoms with van der Waals surface area (Å²) in [7, 11) is 3.23. The number of hydrogen-bond acceptors (Lipinski definition) is 8. The van der Waals surface area contributed by atoms with Crippen molar-refractivity contribution in [3.8, 4) is 11.8 Å². The van der Waals surface area contributed by atoms with E-state index in [4.69, 9.17) is 9.47 Å². The zero-order valence-corrected chi connectivity index (χ0v) is 16.8. The number of nitrogens with one attached hydrogen (secondary N) is 1. The van der Waals surface area contributed by atoms with E-state index >= 15 is 0 Å². The van der Waals surface area contributed by atoms with Crippen molar-refractivity contribution in [2.24, 2.45) is 0 Å². The Morgan fingerprint density at radius 2 is 1.86 bits per heavy atom. The van der Waals surface area contributed by atoms with E-state index in [1.807, 2.05) is 12.3 Å². The summed E-state index contributed by atoms with van der Waals surface area (Å²) in [5.41, 5.74) is 2.44. The van der Waals surface area contributed by atoms with Crippen LogP contribution in [-0.4, -0.2) is 65.9 Å². The van der Waals surface area contributed by atoms with Gasteiger partial charge in [-0.3, -0.25) is 15.2 Å². The Balaban J connectivity index is 1.49. The minimum absolute atomic E-state index is 0.0209. The summed E-state index contributed by atoms with van der Waals surface area (Å²) < 4.78 is 10.7. The Bertz CT molecular complexity index is 800. The maximum absolute atomic E-state index is 5.33. The van der Waals surface area contributed by atoms with Gasteiger partial charge in [0.15, 0.2) is 0 Å². The molecule has 150 valence electrons. The number of ether oxygens (including phenoxy) is 2. The van der Waals surface area contributed by atoms with Crippen LogP contribution in [0.3, 0.4) is 0 Å². The number of likely N-dealkylation sites (tertiary alicyclic amines) is 1. The zero-order valence-electron chi connectivity index (χ0n) is 16.8. The Morgan fingerprint density at radius 1 is 1.14 bits per heavy atom. The van der Waals surface area contributed by atoms with E-state index in [0.29, 0.717) is 17.7 Å². The highest BCUT2D eigenvalue weighted by molar-refractivity contribution is 5.42. The topological polar surface area (TPSA) is 75.6 Å². The smallest absolute Gasteiger partial charge is 0.233 e. The van der Waals surface area contributed by atoms with Gasteiger partial charge in [-0.1, -0.05) is 6.07 Å². The van der Waals surface area contributed by atoms with Gasteiger partial charge in [-0.05, 0) is 31.4 Å². The Morgan fingerprint density at radius 3 is 2.50 bits per heavy atom. The van der Waals surface area contributed by atoms with Crippen LogP contribution in [0.2, 0.25) is 0 Å². The number of piperidine rings is 1.